The smallest absolute Gasteiger partial charge is 0.182 e. The quantitative estimate of drug-likeness (QED) is 0.546. The molecule has 2 N–H and O–H groups in total. The van der Waals surface area contributed by atoms with E-state index in [1.165, 1.54) is 5.56 Å². The maximum atomic E-state index is 5.97. The van der Waals surface area contributed by atoms with Gasteiger partial charge in [-0.3, -0.25) is 4.40 Å². The Morgan fingerprint density at radius 3 is 2.77 bits per heavy atom. The zero-order valence-electron chi connectivity index (χ0n) is 12.4. The summed E-state index contributed by atoms with van der Waals surface area (Å²) in [7, 11) is 0. The second-order valence-corrected chi connectivity index (χ2v) is 5.47. The Labute approximate surface area is 127 Å². The van der Waals surface area contributed by atoms with Gasteiger partial charge in [0, 0.05) is 11.3 Å². The molecule has 4 aromatic rings. The number of benzene rings is 2. The molecule has 0 aliphatic heterocycles. The minimum absolute atomic E-state index is 0.750. The van der Waals surface area contributed by atoms with E-state index in [0.717, 1.165) is 39.2 Å². The number of anilines is 1. The van der Waals surface area contributed by atoms with Crippen LogP contribution in [0.5, 0.6) is 0 Å². The molecule has 2 aromatic carbocycles. The first-order valence-electron chi connectivity index (χ1n) is 7.11. The zero-order chi connectivity index (χ0) is 15.3. The van der Waals surface area contributed by atoms with Crippen LogP contribution in [0.4, 0.5) is 5.69 Å². The average Bonchev–Trinajstić information content (AvgIpc) is 3.00. The molecule has 0 radical (unpaired) electrons. The number of fused-ring (bicyclic) bond motifs is 3. The van der Waals surface area contributed by atoms with Crippen molar-refractivity contribution in [3.8, 4) is 11.1 Å². The molecule has 0 atom stereocenters. The molecule has 0 amide bonds. The van der Waals surface area contributed by atoms with Gasteiger partial charge in [-0.25, -0.2) is 4.98 Å². The van der Waals surface area contributed by atoms with Crippen LogP contribution in [0.25, 0.3) is 27.8 Å². The second kappa shape index (κ2) is 4.53. The van der Waals surface area contributed by atoms with Crippen LogP contribution in [0.1, 0.15) is 11.3 Å². The van der Waals surface area contributed by atoms with Gasteiger partial charge in [0.2, 0.25) is 0 Å². The van der Waals surface area contributed by atoms with E-state index in [1.807, 2.05) is 41.7 Å². The number of hydrogen-bond acceptors (Lipinski definition) is 4. The van der Waals surface area contributed by atoms with Gasteiger partial charge in [-0.2, -0.15) is 0 Å². The minimum Gasteiger partial charge on any atom is -0.399 e. The van der Waals surface area contributed by atoms with Crippen molar-refractivity contribution in [3.63, 3.8) is 0 Å². The molecule has 5 nitrogen and oxygen atoms in total. The molecule has 0 aliphatic carbocycles. The SMILES string of the molecule is Cc1ccc(N)cc1-c1cccc2c1nc(C)c1nncn12. The van der Waals surface area contributed by atoms with Crippen LogP contribution >= 0.6 is 0 Å². The lowest BCUT2D eigenvalue weighted by atomic mass is 9.98. The average molecular weight is 289 g/mol. The van der Waals surface area contributed by atoms with Gasteiger partial charge in [0.15, 0.2) is 5.65 Å². The summed E-state index contributed by atoms with van der Waals surface area (Å²) in [5.74, 6) is 0. The van der Waals surface area contributed by atoms with Crippen molar-refractivity contribution in [1.82, 2.24) is 19.6 Å². The Hall–Kier alpha value is -2.95. The standard InChI is InChI=1S/C17H15N5/c1-10-6-7-12(18)8-14(10)13-4-3-5-15-16(13)20-11(2)17-21-19-9-22(15)17/h3-9H,18H2,1-2H3. The molecule has 0 bridgehead atoms. The summed E-state index contributed by atoms with van der Waals surface area (Å²) < 4.78 is 1.97. The molecule has 2 heterocycles. The predicted octanol–water partition coefficient (Wildman–Crippen LogP) is 3.14. The van der Waals surface area contributed by atoms with Crippen molar-refractivity contribution in [3.05, 3.63) is 54.0 Å². The number of rotatable bonds is 1. The Kier molecular flexibility index (Phi) is 2.63. The Morgan fingerprint density at radius 2 is 1.91 bits per heavy atom. The predicted molar refractivity (Wildman–Crippen MR) is 87.6 cm³/mol. The molecule has 5 heteroatoms. The first-order valence-corrected chi connectivity index (χ1v) is 7.11. The third-order valence-electron chi connectivity index (χ3n) is 3.98. The summed E-state index contributed by atoms with van der Waals surface area (Å²) in [6.07, 6.45) is 1.72. The van der Waals surface area contributed by atoms with Gasteiger partial charge in [-0.1, -0.05) is 18.2 Å². The van der Waals surface area contributed by atoms with Crippen LogP contribution in [-0.2, 0) is 0 Å². The summed E-state index contributed by atoms with van der Waals surface area (Å²) >= 11 is 0. The summed E-state index contributed by atoms with van der Waals surface area (Å²) in [6.45, 7) is 4.03. The monoisotopic (exact) mass is 289 g/mol. The zero-order valence-corrected chi connectivity index (χ0v) is 12.4. The van der Waals surface area contributed by atoms with Gasteiger partial charge >= 0.3 is 0 Å². The number of aromatic nitrogens is 4. The van der Waals surface area contributed by atoms with E-state index in [0.29, 0.717) is 0 Å². The molecule has 2 aromatic heterocycles. The molecule has 4 rings (SSSR count). The Balaban J connectivity index is 2.15. The number of hydrogen-bond donors (Lipinski definition) is 1. The molecule has 0 unspecified atom stereocenters. The lowest BCUT2D eigenvalue weighted by molar-refractivity contribution is 1.10. The third-order valence-corrected chi connectivity index (χ3v) is 3.98. The number of para-hydroxylation sites is 1. The lowest BCUT2D eigenvalue weighted by Crippen LogP contribution is -1.97. The van der Waals surface area contributed by atoms with Gasteiger partial charge in [0.1, 0.15) is 6.33 Å². The van der Waals surface area contributed by atoms with Gasteiger partial charge in [0.05, 0.1) is 16.7 Å². The highest BCUT2D eigenvalue weighted by atomic mass is 15.2. The maximum absolute atomic E-state index is 5.97. The van der Waals surface area contributed by atoms with E-state index < -0.39 is 0 Å². The van der Waals surface area contributed by atoms with Crippen molar-refractivity contribution in [1.29, 1.82) is 0 Å². The van der Waals surface area contributed by atoms with Crippen LogP contribution in [-0.4, -0.2) is 19.6 Å². The number of nitrogen functional groups attached to an aromatic ring is 1. The molecule has 22 heavy (non-hydrogen) atoms. The highest BCUT2D eigenvalue weighted by Crippen LogP contribution is 2.31. The van der Waals surface area contributed by atoms with Crippen molar-refractivity contribution in [2.45, 2.75) is 13.8 Å². The first-order chi connectivity index (χ1) is 10.6. The Morgan fingerprint density at radius 1 is 1.05 bits per heavy atom. The van der Waals surface area contributed by atoms with Crippen molar-refractivity contribution < 1.29 is 0 Å². The van der Waals surface area contributed by atoms with Crippen LogP contribution in [0, 0.1) is 13.8 Å². The molecule has 0 saturated carbocycles. The fourth-order valence-corrected chi connectivity index (χ4v) is 2.87. The highest BCUT2D eigenvalue weighted by molar-refractivity contribution is 5.94. The van der Waals surface area contributed by atoms with Crippen LogP contribution < -0.4 is 5.73 Å². The topological polar surface area (TPSA) is 69.1 Å². The highest BCUT2D eigenvalue weighted by Gasteiger charge is 2.12. The lowest BCUT2D eigenvalue weighted by Gasteiger charge is -2.11. The van der Waals surface area contributed by atoms with Crippen LogP contribution in [0.3, 0.4) is 0 Å². The van der Waals surface area contributed by atoms with Gasteiger partial charge in [-0.15, -0.1) is 10.2 Å². The molecule has 0 spiro atoms. The fourth-order valence-electron chi connectivity index (χ4n) is 2.87. The molecule has 0 aliphatic rings. The number of nitrogens with two attached hydrogens (primary N) is 1. The van der Waals surface area contributed by atoms with Crippen molar-refractivity contribution in [2.24, 2.45) is 0 Å². The summed E-state index contributed by atoms with van der Waals surface area (Å²) in [4.78, 5) is 4.76. The van der Waals surface area contributed by atoms with Gasteiger partial charge < -0.3 is 5.73 Å². The molecule has 108 valence electrons. The first kappa shape index (κ1) is 12.8. The molecule has 0 saturated heterocycles. The van der Waals surface area contributed by atoms with E-state index in [4.69, 9.17) is 10.7 Å². The molecule has 0 fully saturated rings. The Bertz CT molecular complexity index is 1020. The van der Waals surface area contributed by atoms with Crippen molar-refractivity contribution in [2.75, 3.05) is 5.73 Å². The summed E-state index contributed by atoms with van der Waals surface area (Å²) in [6, 6.07) is 12.1. The van der Waals surface area contributed by atoms with Crippen molar-refractivity contribution >= 4 is 22.4 Å². The van der Waals surface area contributed by atoms with E-state index in [2.05, 4.69) is 23.2 Å². The number of nitrogens with zero attached hydrogens (tertiary/aromatic N) is 4. The third kappa shape index (κ3) is 1.75. The molecular formula is C17H15N5. The van der Waals surface area contributed by atoms with Crippen LogP contribution in [0.15, 0.2) is 42.7 Å². The van der Waals surface area contributed by atoms with E-state index >= 15 is 0 Å². The normalized spacial score (nSPS) is 11.4. The second-order valence-electron chi connectivity index (χ2n) is 5.47. The summed E-state index contributed by atoms with van der Waals surface area (Å²) in [5, 5.41) is 8.13. The van der Waals surface area contributed by atoms with Gasteiger partial charge in [-0.05, 0) is 43.2 Å². The van der Waals surface area contributed by atoms with E-state index in [1.54, 1.807) is 6.33 Å². The minimum atomic E-state index is 0.750. The summed E-state index contributed by atoms with van der Waals surface area (Å²) in [5.41, 5.74) is 13.6. The van der Waals surface area contributed by atoms with Gasteiger partial charge in [0.25, 0.3) is 0 Å². The maximum Gasteiger partial charge on any atom is 0.182 e. The molecular weight excluding hydrogens is 274 g/mol. The van der Waals surface area contributed by atoms with E-state index in [-0.39, 0.29) is 0 Å². The van der Waals surface area contributed by atoms with Crippen LogP contribution in [0.2, 0.25) is 0 Å². The number of aryl methyl sites for hydroxylation is 2. The largest absolute Gasteiger partial charge is 0.399 e. The fraction of sp³-hybridized carbons (Fsp3) is 0.118. The van der Waals surface area contributed by atoms with E-state index in [9.17, 15) is 0 Å².